The molecule has 0 aliphatic heterocycles. The van der Waals surface area contributed by atoms with Crippen molar-refractivity contribution >= 4 is 39.1 Å². The molecule has 3 aromatic rings. The molecule has 0 saturated carbocycles. The van der Waals surface area contributed by atoms with Gasteiger partial charge in [-0.05, 0) is 75.2 Å². The van der Waals surface area contributed by atoms with Crippen LogP contribution >= 0.6 is 11.6 Å². The minimum atomic E-state index is -4.10. The summed E-state index contributed by atoms with van der Waals surface area (Å²) in [6.07, 6.45) is 0. The third-order valence-electron chi connectivity index (χ3n) is 5.92. The van der Waals surface area contributed by atoms with Crippen LogP contribution in [0.2, 0.25) is 5.02 Å². The van der Waals surface area contributed by atoms with Crippen LogP contribution in [0.4, 0.5) is 5.69 Å². The van der Waals surface area contributed by atoms with Gasteiger partial charge >= 0.3 is 0 Å². The van der Waals surface area contributed by atoms with Gasteiger partial charge in [0.15, 0.2) is 0 Å². The summed E-state index contributed by atoms with van der Waals surface area (Å²) < 4.78 is 28.4. The molecule has 2 amide bonds. The molecule has 37 heavy (non-hydrogen) atoms. The van der Waals surface area contributed by atoms with Crippen molar-refractivity contribution in [2.45, 2.75) is 51.2 Å². The highest BCUT2D eigenvalue weighted by atomic mass is 35.5. The van der Waals surface area contributed by atoms with Gasteiger partial charge in [-0.2, -0.15) is 0 Å². The second-order valence-electron chi connectivity index (χ2n) is 9.09. The molecule has 0 aliphatic rings. The monoisotopic (exact) mass is 541 g/mol. The zero-order valence-electron chi connectivity index (χ0n) is 21.4. The summed E-state index contributed by atoms with van der Waals surface area (Å²) in [4.78, 5) is 28.2. The van der Waals surface area contributed by atoms with E-state index in [1.165, 1.54) is 17.0 Å². The Morgan fingerprint density at radius 2 is 1.49 bits per heavy atom. The van der Waals surface area contributed by atoms with Gasteiger partial charge in [-0.25, -0.2) is 8.42 Å². The summed E-state index contributed by atoms with van der Waals surface area (Å²) >= 11 is 6.04. The van der Waals surface area contributed by atoms with Crippen molar-refractivity contribution in [3.8, 4) is 0 Å². The lowest BCUT2D eigenvalue weighted by atomic mass is 10.1. The van der Waals surface area contributed by atoms with E-state index in [1.54, 1.807) is 49.4 Å². The molecule has 3 aromatic carbocycles. The number of benzene rings is 3. The second kappa shape index (κ2) is 12.3. The summed E-state index contributed by atoms with van der Waals surface area (Å²) in [5, 5.41) is 3.28. The lowest BCUT2D eigenvalue weighted by Crippen LogP contribution is -2.52. The van der Waals surface area contributed by atoms with Gasteiger partial charge in [-0.3, -0.25) is 13.9 Å². The molecular formula is C28H32ClN3O4S. The zero-order chi connectivity index (χ0) is 27.2. The van der Waals surface area contributed by atoms with E-state index in [2.05, 4.69) is 5.32 Å². The molecule has 0 saturated heterocycles. The summed E-state index contributed by atoms with van der Waals surface area (Å²) in [5.41, 5.74) is 2.11. The maximum absolute atomic E-state index is 13.8. The van der Waals surface area contributed by atoms with Crippen LogP contribution < -0.4 is 9.62 Å². The van der Waals surface area contributed by atoms with Crippen molar-refractivity contribution in [1.29, 1.82) is 0 Å². The molecule has 0 spiro atoms. The third kappa shape index (κ3) is 7.11. The highest BCUT2D eigenvalue weighted by molar-refractivity contribution is 7.92. The van der Waals surface area contributed by atoms with E-state index in [9.17, 15) is 18.0 Å². The van der Waals surface area contributed by atoms with Gasteiger partial charge in [0.05, 0.1) is 10.6 Å². The van der Waals surface area contributed by atoms with E-state index in [0.717, 1.165) is 15.4 Å². The Bertz CT molecular complexity index is 1330. The van der Waals surface area contributed by atoms with Crippen LogP contribution in [-0.4, -0.2) is 43.8 Å². The van der Waals surface area contributed by atoms with Crippen molar-refractivity contribution in [2.75, 3.05) is 10.8 Å². The van der Waals surface area contributed by atoms with E-state index < -0.39 is 28.5 Å². The first-order chi connectivity index (χ1) is 17.5. The number of amides is 2. The first kappa shape index (κ1) is 28.2. The number of rotatable bonds is 10. The average molecular weight is 542 g/mol. The van der Waals surface area contributed by atoms with E-state index in [1.807, 2.05) is 45.0 Å². The van der Waals surface area contributed by atoms with Crippen LogP contribution in [-0.2, 0) is 26.2 Å². The topological polar surface area (TPSA) is 86.8 Å². The Kier molecular flexibility index (Phi) is 9.34. The number of nitrogens with zero attached hydrogens (tertiary/aromatic N) is 2. The van der Waals surface area contributed by atoms with Crippen molar-refractivity contribution in [2.24, 2.45) is 0 Å². The number of nitrogens with one attached hydrogen (secondary N) is 1. The van der Waals surface area contributed by atoms with Crippen LogP contribution in [0.15, 0.2) is 83.8 Å². The Morgan fingerprint density at radius 3 is 2.08 bits per heavy atom. The fourth-order valence-electron chi connectivity index (χ4n) is 3.81. The van der Waals surface area contributed by atoms with Crippen LogP contribution in [0.3, 0.4) is 0 Å². The molecule has 9 heteroatoms. The molecule has 3 rings (SSSR count). The van der Waals surface area contributed by atoms with Crippen molar-refractivity contribution in [1.82, 2.24) is 10.2 Å². The molecule has 1 N–H and O–H groups in total. The summed E-state index contributed by atoms with van der Waals surface area (Å²) in [6, 6.07) is 20.8. The fraction of sp³-hybridized carbons (Fsp3) is 0.286. The quantitative estimate of drug-likeness (QED) is 0.400. The molecule has 7 nitrogen and oxygen atoms in total. The van der Waals surface area contributed by atoms with Crippen molar-refractivity contribution in [3.63, 3.8) is 0 Å². The summed E-state index contributed by atoms with van der Waals surface area (Å²) in [6.45, 7) is 6.91. The van der Waals surface area contributed by atoms with E-state index in [0.29, 0.717) is 5.02 Å². The molecule has 0 heterocycles. The molecule has 0 unspecified atom stereocenters. The Balaban J connectivity index is 2.02. The number of aryl methyl sites for hydroxylation is 1. The molecule has 0 aliphatic carbocycles. The lowest BCUT2D eigenvalue weighted by molar-refractivity contribution is -0.139. The summed E-state index contributed by atoms with van der Waals surface area (Å²) in [7, 11) is -4.10. The SMILES string of the molecule is Cc1ccccc1CN(C(=O)CN(c1ccc(Cl)cc1)S(=O)(=O)c1ccccc1)[C@H](C)C(=O)NC(C)C. The van der Waals surface area contributed by atoms with Crippen molar-refractivity contribution < 1.29 is 18.0 Å². The molecule has 0 fully saturated rings. The number of hydrogen-bond acceptors (Lipinski definition) is 4. The second-order valence-corrected chi connectivity index (χ2v) is 11.4. The summed E-state index contributed by atoms with van der Waals surface area (Å²) in [5.74, 6) is -0.829. The van der Waals surface area contributed by atoms with E-state index >= 15 is 0 Å². The zero-order valence-corrected chi connectivity index (χ0v) is 23.0. The van der Waals surface area contributed by atoms with Crippen LogP contribution in [0.25, 0.3) is 0 Å². The average Bonchev–Trinajstić information content (AvgIpc) is 2.87. The van der Waals surface area contributed by atoms with E-state index in [-0.39, 0.29) is 29.1 Å². The Morgan fingerprint density at radius 1 is 0.892 bits per heavy atom. The molecule has 0 bridgehead atoms. The Labute approximate surface area is 224 Å². The lowest BCUT2D eigenvalue weighted by Gasteiger charge is -2.32. The fourth-order valence-corrected chi connectivity index (χ4v) is 5.38. The van der Waals surface area contributed by atoms with Gasteiger partial charge in [0, 0.05) is 17.6 Å². The highest BCUT2D eigenvalue weighted by Crippen LogP contribution is 2.26. The number of halogens is 1. The maximum Gasteiger partial charge on any atom is 0.264 e. The van der Waals surface area contributed by atoms with E-state index in [4.69, 9.17) is 11.6 Å². The molecule has 1 atom stereocenters. The normalized spacial score (nSPS) is 12.2. The van der Waals surface area contributed by atoms with Gasteiger partial charge in [0.25, 0.3) is 10.0 Å². The van der Waals surface area contributed by atoms with Gasteiger partial charge in [0.1, 0.15) is 12.6 Å². The Hall–Kier alpha value is -3.36. The van der Waals surface area contributed by atoms with Gasteiger partial charge in [0.2, 0.25) is 11.8 Å². The number of sulfonamides is 1. The van der Waals surface area contributed by atoms with Gasteiger partial charge in [-0.15, -0.1) is 0 Å². The number of carbonyl (C=O) groups is 2. The first-order valence-electron chi connectivity index (χ1n) is 12.0. The minimum Gasteiger partial charge on any atom is -0.352 e. The molecular weight excluding hydrogens is 510 g/mol. The molecule has 196 valence electrons. The van der Waals surface area contributed by atoms with Crippen LogP contribution in [0, 0.1) is 6.92 Å². The largest absolute Gasteiger partial charge is 0.352 e. The number of anilines is 1. The predicted molar refractivity (Wildman–Crippen MR) is 147 cm³/mol. The smallest absolute Gasteiger partial charge is 0.264 e. The predicted octanol–water partition coefficient (Wildman–Crippen LogP) is 4.79. The van der Waals surface area contributed by atoms with Crippen molar-refractivity contribution in [3.05, 3.63) is 95.0 Å². The standard InChI is InChI=1S/C28H32ClN3O4S/c1-20(2)30-28(34)22(4)31(18-23-11-9-8-10-21(23)3)27(33)19-32(25-16-14-24(29)15-17-25)37(35,36)26-12-6-5-7-13-26/h5-17,20,22H,18-19H2,1-4H3,(H,30,34)/t22-/m1/s1. The number of hydrogen-bond donors (Lipinski definition) is 1. The third-order valence-corrected chi connectivity index (χ3v) is 7.96. The number of carbonyl (C=O) groups excluding carboxylic acids is 2. The van der Waals surface area contributed by atoms with Gasteiger partial charge in [-0.1, -0.05) is 54.1 Å². The van der Waals surface area contributed by atoms with Crippen LogP contribution in [0.5, 0.6) is 0 Å². The highest BCUT2D eigenvalue weighted by Gasteiger charge is 2.32. The minimum absolute atomic E-state index is 0.0498. The first-order valence-corrected chi connectivity index (χ1v) is 13.8. The molecule has 0 aromatic heterocycles. The van der Waals surface area contributed by atoms with Gasteiger partial charge < -0.3 is 10.2 Å². The maximum atomic E-state index is 13.8. The van der Waals surface area contributed by atoms with Crippen LogP contribution in [0.1, 0.15) is 31.9 Å². The molecule has 0 radical (unpaired) electrons.